The number of pyridine rings is 1. The molecule has 0 aliphatic heterocycles. The van der Waals surface area contributed by atoms with Crippen molar-refractivity contribution in [3.63, 3.8) is 0 Å². The molecule has 0 fully saturated rings. The predicted molar refractivity (Wildman–Crippen MR) is 61.3 cm³/mol. The van der Waals surface area contributed by atoms with Crippen LogP contribution in [0.25, 0.3) is 5.52 Å². The molecule has 84 valence electrons. The molecule has 3 heterocycles. The van der Waals surface area contributed by atoms with Crippen molar-refractivity contribution in [3.05, 3.63) is 60.4 Å². The van der Waals surface area contributed by atoms with Crippen LogP contribution in [0.5, 0.6) is 0 Å². The Labute approximate surface area is 97.4 Å². The third kappa shape index (κ3) is 1.66. The van der Waals surface area contributed by atoms with Gasteiger partial charge < -0.3 is 5.11 Å². The predicted octanol–water partition coefficient (Wildman–Crippen LogP) is 1.21. The first-order valence-corrected chi connectivity index (χ1v) is 5.21. The summed E-state index contributed by atoms with van der Waals surface area (Å²) in [6.45, 7) is 0. The molecule has 0 amide bonds. The van der Waals surface area contributed by atoms with Gasteiger partial charge in [0.25, 0.3) is 0 Å². The number of aromatic nitrogens is 4. The van der Waals surface area contributed by atoms with Crippen LogP contribution in [0.4, 0.5) is 0 Å². The van der Waals surface area contributed by atoms with Crippen molar-refractivity contribution < 1.29 is 5.11 Å². The average molecular weight is 226 g/mol. The molecule has 0 saturated carbocycles. The van der Waals surface area contributed by atoms with Crippen LogP contribution < -0.4 is 0 Å². The second-order valence-electron chi connectivity index (χ2n) is 3.70. The van der Waals surface area contributed by atoms with Gasteiger partial charge in [-0.2, -0.15) is 5.10 Å². The first kappa shape index (κ1) is 9.92. The Morgan fingerprint density at radius 3 is 2.76 bits per heavy atom. The van der Waals surface area contributed by atoms with E-state index in [1.54, 1.807) is 23.1 Å². The lowest BCUT2D eigenvalue weighted by Gasteiger charge is -2.08. The van der Waals surface area contributed by atoms with Crippen molar-refractivity contribution in [2.75, 3.05) is 0 Å². The van der Waals surface area contributed by atoms with E-state index in [0.29, 0.717) is 5.56 Å². The summed E-state index contributed by atoms with van der Waals surface area (Å²) in [4.78, 5) is 7.79. The van der Waals surface area contributed by atoms with Gasteiger partial charge in [0.2, 0.25) is 0 Å². The van der Waals surface area contributed by atoms with E-state index in [4.69, 9.17) is 0 Å². The second kappa shape index (κ2) is 3.95. The number of hydrogen-bond acceptors (Lipinski definition) is 4. The zero-order chi connectivity index (χ0) is 11.7. The molecular formula is C12H10N4O. The van der Waals surface area contributed by atoms with Crippen LogP contribution in [0.1, 0.15) is 17.2 Å². The minimum absolute atomic E-state index is 0.659. The minimum atomic E-state index is -0.754. The van der Waals surface area contributed by atoms with Crippen LogP contribution >= 0.6 is 0 Å². The molecule has 0 saturated heterocycles. The Kier molecular flexibility index (Phi) is 2.31. The SMILES string of the molecule is OC(c1cncnc1)c1cnn2ccccc12. The zero-order valence-corrected chi connectivity index (χ0v) is 8.93. The van der Waals surface area contributed by atoms with Gasteiger partial charge in [-0.25, -0.2) is 14.5 Å². The minimum Gasteiger partial charge on any atom is -0.383 e. The van der Waals surface area contributed by atoms with Crippen molar-refractivity contribution in [2.24, 2.45) is 0 Å². The van der Waals surface area contributed by atoms with Crippen molar-refractivity contribution in [1.29, 1.82) is 0 Å². The number of rotatable bonds is 2. The Morgan fingerprint density at radius 1 is 1.12 bits per heavy atom. The fourth-order valence-electron chi connectivity index (χ4n) is 1.80. The third-order valence-electron chi connectivity index (χ3n) is 2.65. The Morgan fingerprint density at radius 2 is 1.94 bits per heavy atom. The van der Waals surface area contributed by atoms with E-state index < -0.39 is 6.10 Å². The summed E-state index contributed by atoms with van der Waals surface area (Å²) in [5.74, 6) is 0. The first-order valence-electron chi connectivity index (χ1n) is 5.21. The summed E-state index contributed by atoms with van der Waals surface area (Å²) < 4.78 is 1.72. The highest BCUT2D eigenvalue weighted by molar-refractivity contribution is 5.56. The number of aliphatic hydroxyl groups excluding tert-OH is 1. The number of fused-ring (bicyclic) bond motifs is 1. The monoisotopic (exact) mass is 226 g/mol. The maximum atomic E-state index is 10.2. The molecule has 3 rings (SSSR count). The summed E-state index contributed by atoms with van der Waals surface area (Å²) in [5, 5.41) is 14.4. The molecule has 1 N–H and O–H groups in total. The topological polar surface area (TPSA) is 63.3 Å². The fourth-order valence-corrected chi connectivity index (χ4v) is 1.80. The Hall–Kier alpha value is -2.27. The van der Waals surface area contributed by atoms with E-state index in [2.05, 4.69) is 15.1 Å². The number of nitrogens with zero attached hydrogens (tertiary/aromatic N) is 4. The Bertz CT molecular complexity index is 635. The number of aliphatic hydroxyl groups is 1. The van der Waals surface area contributed by atoms with Gasteiger partial charge in [0, 0.05) is 29.7 Å². The van der Waals surface area contributed by atoms with E-state index in [9.17, 15) is 5.11 Å². The van der Waals surface area contributed by atoms with Crippen molar-refractivity contribution in [3.8, 4) is 0 Å². The molecule has 0 aliphatic carbocycles. The molecular weight excluding hydrogens is 216 g/mol. The molecule has 3 aromatic rings. The molecule has 17 heavy (non-hydrogen) atoms. The molecule has 0 aromatic carbocycles. The van der Waals surface area contributed by atoms with Gasteiger partial charge in [-0.15, -0.1) is 0 Å². The highest BCUT2D eigenvalue weighted by Crippen LogP contribution is 2.24. The molecule has 5 heteroatoms. The highest BCUT2D eigenvalue weighted by atomic mass is 16.3. The van der Waals surface area contributed by atoms with Crippen LogP contribution in [0.15, 0.2) is 49.3 Å². The van der Waals surface area contributed by atoms with Crippen LogP contribution in [0.2, 0.25) is 0 Å². The van der Waals surface area contributed by atoms with E-state index in [-0.39, 0.29) is 0 Å². The van der Waals surface area contributed by atoms with Crippen LogP contribution in [0.3, 0.4) is 0 Å². The maximum Gasteiger partial charge on any atom is 0.115 e. The van der Waals surface area contributed by atoms with Crippen molar-refractivity contribution in [1.82, 2.24) is 19.6 Å². The summed E-state index contributed by atoms with van der Waals surface area (Å²) >= 11 is 0. The molecule has 1 unspecified atom stereocenters. The van der Waals surface area contributed by atoms with Gasteiger partial charge in [0.1, 0.15) is 12.4 Å². The molecule has 5 nitrogen and oxygen atoms in total. The summed E-state index contributed by atoms with van der Waals surface area (Å²) in [6, 6.07) is 5.71. The van der Waals surface area contributed by atoms with Gasteiger partial charge in [-0.3, -0.25) is 0 Å². The molecule has 1 atom stereocenters. The van der Waals surface area contributed by atoms with E-state index in [1.165, 1.54) is 6.33 Å². The normalized spacial score (nSPS) is 12.8. The second-order valence-corrected chi connectivity index (χ2v) is 3.70. The number of hydrogen-bond donors (Lipinski definition) is 1. The molecule has 0 aliphatic rings. The van der Waals surface area contributed by atoms with Gasteiger partial charge in [-0.1, -0.05) is 6.07 Å². The van der Waals surface area contributed by atoms with Gasteiger partial charge in [0.05, 0.1) is 11.7 Å². The molecule has 0 radical (unpaired) electrons. The highest BCUT2D eigenvalue weighted by Gasteiger charge is 2.15. The van der Waals surface area contributed by atoms with Crippen LogP contribution in [0, 0.1) is 0 Å². The van der Waals surface area contributed by atoms with Gasteiger partial charge >= 0.3 is 0 Å². The van der Waals surface area contributed by atoms with E-state index >= 15 is 0 Å². The van der Waals surface area contributed by atoms with E-state index in [1.807, 2.05) is 24.4 Å². The summed E-state index contributed by atoms with van der Waals surface area (Å²) in [7, 11) is 0. The lowest BCUT2D eigenvalue weighted by atomic mass is 10.1. The average Bonchev–Trinajstić information content (AvgIpc) is 2.83. The van der Waals surface area contributed by atoms with Crippen molar-refractivity contribution in [2.45, 2.75) is 6.10 Å². The molecule has 3 aromatic heterocycles. The Balaban J connectivity index is 2.10. The van der Waals surface area contributed by atoms with Crippen molar-refractivity contribution >= 4 is 5.52 Å². The van der Waals surface area contributed by atoms with Gasteiger partial charge in [0.15, 0.2) is 0 Å². The summed E-state index contributed by atoms with van der Waals surface area (Å²) in [5.41, 5.74) is 2.29. The lowest BCUT2D eigenvalue weighted by molar-refractivity contribution is 0.221. The van der Waals surface area contributed by atoms with Crippen LogP contribution in [-0.2, 0) is 0 Å². The smallest absolute Gasteiger partial charge is 0.115 e. The summed E-state index contributed by atoms with van der Waals surface area (Å²) in [6.07, 6.45) is 7.39. The standard InChI is InChI=1S/C12H10N4O/c17-12(9-5-13-8-14-6-9)10-7-15-16-4-2-1-3-11(10)16/h1-8,12,17H. The van der Waals surface area contributed by atoms with Crippen LogP contribution in [-0.4, -0.2) is 24.7 Å². The lowest BCUT2D eigenvalue weighted by Crippen LogP contribution is -2.00. The third-order valence-corrected chi connectivity index (χ3v) is 2.65. The van der Waals surface area contributed by atoms with E-state index in [0.717, 1.165) is 11.1 Å². The largest absolute Gasteiger partial charge is 0.383 e. The fraction of sp³-hybridized carbons (Fsp3) is 0.0833. The zero-order valence-electron chi connectivity index (χ0n) is 8.93. The first-order chi connectivity index (χ1) is 8.36. The maximum absolute atomic E-state index is 10.2. The molecule has 0 bridgehead atoms. The van der Waals surface area contributed by atoms with Gasteiger partial charge in [-0.05, 0) is 12.1 Å². The molecule has 0 spiro atoms. The quantitative estimate of drug-likeness (QED) is 0.713.